The third kappa shape index (κ3) is 7.56. The average molecular weight is 753 g/mol. The predicted octanol–water partition coefficient (Wildman–Crippen LogP) is 10.3. The van der Waals surface area contributed by atoms with Crippen LogP contribution in [0.25, 0.3) is 0 Å². The van der Waals surface area contributed by atoms with Crippen molar-refractivity contribution in [2.24, 2.45) is 17.8 Å². The fourth-order valence-corrected chi connectivity index (χ4v) is 45.9. The molecular weight excluding hydrogens is 687 g/mol. The second kappa shape index (κ2) is 11.4. The molecule has 233 valence electrons. The van der Waals surface area contributed by atoms with E-state index in [-0.39, 0.29) is 5.41 Å². The minimum atomic E-state index is -1.99. The van der Waals surface area contributed by atoms with E-state index in [4.69, 9.17) is 0 Å². The third-order valence-corrected chi connectivity index (χ3v) is 36.1. The van der Waals surface area contributed by atoms with Gasteiger partial charge in [0.05, 0.1) is 0 Å². The molecule has 1 aromatic carbocycles. The van der Waals surface area contributed by atoms with Crippen LogP contribution in [0.4, 0.5) is 0 Å². The molecule has 4 saturated carbocycles. The topological polar surface area (TPSA) is 12.0 Å². The van der Waals surface area contributed by atoms with Gasteiger partial charge in [0.15, 0.2) is 0 Å². The van der Waals surface area contributed by atoms with Crippen molar-refractivity contribution in [3.63, 3.8) is 0 Å². The van der Waals surface area contributed by atoms with Gasteiger partial charge in [-0.15, -0.1) is 0 Å². The first-order valence-electron chi connectivity index (χ1n) is 16.8. The summed E-state index contributed by atoms with van der Waals surface area (Å²) in [6, 6.07) is 5.56. The number of nitrogens with one attached hydrogen (secondary N) is 1. The Hall–Kier alpha value is 1.07. The van der Waals surface area contributed by atoms with E-state index in [1.54, 1.807) is 5.56 Å². The molecule has 0 saturated heterocycles. The molecule has 0 atom stereocenters. The monoisotopic (exact) mass is 752 g/mol. The molecule has 4 bridgehead atoms. The number of benzene rings is 1. The van der Waals surface area contributed by atoms with E-state index >= 15 is 0 Å². The van der Waals surface area contributed by atoms with Gasteiger partial charge in [0, 0.05) is 0 Å². The molecule has 4 aliphatic rings. The summed E-state index contributed by atoms with van der Waals surface area (Å²) in [5.74, 6) is 2.97. The maximum atomic E-state index is 4.67. The van der Waals surface area contributed by atoms with Crippen molar-refractivity contribution >= 4 is 63.4 Å². The van der Waals surface area contributed by atoms with Crippen LogP contribution < -0.4 is 8.67 Å². The van der Waals surface area contributed by atoms with Crippen LogP contribution in [0.1, 0.15) is 86.3 Å². The van der Waals surface area contributed by atoms with E-state index in [9.17, 15) is 0 Å². The zero-order chi connectivity index (χ0) is 31.1. The molecule has 0 aromatic heterocycles. The van der Waals surface area contributed by atoms with Gasteiger partial charge in [0.25, 0.3) is 0 Å². The molecule has 0 aliphatic heterocycles. The first-order chi connectivity index (χ1) is 18.3. The molecule has 4 aliphatic carbocycles. The van der Waals surface area contributed by atoms with Gasteiger partial charge in [0.1, 0.15) is 0 Å². The Balaban J connectivity index is 2.01. The van der Waals surface area contributed by atoms with Gasteiger partial charge >= 0.3 is 273 Å². The summed E-state index contributed by atoms with van der Waals surface area (Å²) in [4.78, 5) is 0. The van der Waals surface area contributed by atoms with Gasteiger partial charge in [-0.1, -0.05) is 0 Å². The van der Waals surface area contributed by atoms with Crippen molar-refractivity contribution < 1.29 is 0 Å². The minimum absolute atomic E-state index is 0.161. The Morgan fingerprint density at radius 2 is 1.00 bits per heavy atom. The van der Waals surface area contributed by atoms with Crippen molar-refractivity contribution in [1.82, 2.24) is 4.27 Å². The Morgan fingerprint density at radius 1 is 0.683 bits per heavy atom. The molecule has 7 heteroatoms. The predicted molar refractivity (Wildman–Crippen MR) is 202 cm³/mol. The normalized spacial score (nSPS) is 27.5. The molecule has 1 radical (unpaired) electrons. The Labute approximate surface area is 271 Å². The molecule has 5 rings (SSSR count). The third-order valence-electron chi connectivity index (χ3n) is 10.8. The van der Waals surface area contributed by atoms with Crippen LogP contribution in [0.5, 0.6) is 0 Å². The summed E-state index contributed by atoms with van der Waals surface area (Å²) < 4.78 is 6.50. The Kier molecular flexibility index (Phi) is 9.71. The first-order valence-corrected chi connectivity index (χ1v) is 38.1. The van der Waals surface area contributed by atoms with Crippen LogP contribution in [-0.4, -0.2) is 50.6 Å². The van der Waals surface area contributed by atoms with Crippen molar-refractivity contribution in [2.45, 2.75) is 159 Å². The van der Waals surface area contributed by atoms with Crippen LogP contribution in [0, 0.1) is 17.8 Å². The average Bonchev–Trinajstić information content (AvgIpc) is 2.66. The second-order valence-corrected chi connectivity index (χ2v) is 49.7. The molecule has 1 aromatic rings. The van der Waals surface area contributed by atoms with Crippen molar-refractivity contribution in [2.75, 3.05) is 0 Å². The zero-order valence-electron chi connectivity index (χ0n) is 29.7. The summed E-state index contributed by atoms with van der Waals surface area (Å²) in [5.41, 5.74) is 5.80. The van der Waals surface area contributed by atoms with E-state index in [0.717, 1.165) is 28.1 Å². The van der Waals surface area contributed by atoms with Gasteiger partial charge in [-0.25, -0.2) is 0 Å². The SMILES string of the molecule is CC(C)(C)c1cc(C([Si](C)(C)C)[Si](C)(C)C)[c]([Ge]([Br])[NH]C23CC4CC(CC(C4)C2)C3)c(C([Si](C)(C)C)[Si](C)(C)C)c1. The molecule has 0 amide bonds. The fourth-order valence-electron chi connectivity index (χ4n) is 10.9. The quantitative estimate of drug-likeness (QED) is 0.248. The van der Waals surface area contributed by atoms with Crippen LogP contribution >= 0.6 is 14.0 Å². The fraction of sp³-hybridized carbons (Fsp3) is 0.824. The molecule has 1 nitrogen and oxygen atoms in total. The molecule has 1 N–H and O–H groups in total. The standard InChI is InChI=1S/C34H65BrGeNSi4/c1-33(2,3)27-19-28(31(38(4,5)6)39(7,8)9)30(29(20-27)32(40(10,11)12)41(13,14)15)36(35)37-34-21-24-16-25(22-34)18-26(17-24)23-34/h19-20,24-26,31-32,37H,16-18,21-23H2,1-15H3. The molecule has 0 heterocycles. The summed E-state index contributed by atoms with van der Waals surface area (Å²) >= 11 is 2.68. The van der Waals surface area contributed by atoms with Crippen molar-refractivity contribution in [1.29, 1.82) is 0 Å². The molecule has 0 unspecified atom stereocenters. The first kappa shape index (κ1) is 34.9. The van der Waals surface area contributed by atoms with Crippen LogP contribution in [0.2, 0.25) is 78.6 Å². The van der Waals surface area contributed by atoms with E-state index in [2.05, 4.69) is 130 Å². The molecule has 4 fully saturated rings. The maximum absolute atomic E-state index is 4.67. The van der Waals surface area contributed by atoms with Crippen molar-refractivity contribution in [3.8, 4) is 0 Å². The molecule has 41 heavy (non-hydrogen) atoms. The van der Waals surface area contributed by atoms with Gasteiger partial charge in [0.2, 0.25) is 0 Å². The van der Waals surface area contributed by atoms with Crippen LogP contribution in [-0.2, 0) is 5.41 Å². The van der Waals surface area contributed by atoms with Gasteiger partial charge in [-0.05, 0) is 0 Å². The molecule has 0 spiro atoms. The Morgan fingerprint density at radius 3 is 1.27 bits per heavy atom. The number of hydrogen-bond acceptors (Lipinski definition) is 1. The number of rotatable bonds is 9. The van der Waals surface area contributed by atoms with E-state index in [1.807, 2.05) is 15.5 Å². The summed E-state index contributed by atoms with van der Waals surface area (Å²) in [6.45, 7) is 39.5. The Bertz CT molecular complexity index is 1000. The summed E-state index contributed by atoms with van der Waals surface area (Å²) in [7, 11) is -5.97. The molecular formula is C34H65BrGeNSi4. The van der Waals surface area contributed by atoms with Gasteiger partial charge in [-0.3, -0.25) is 0 Å². The summed E-state index contributed by atoms with van der Waals surface area (Å²) in [5, 5.41) is 1.54. The van der Waals surface area contributed by atoms with Crippen LogP contribution in [0.15, 0.2) is 12.1 Å². The number of hydrogen-bond donors (Lipinski definition) is 1. The number of halogens is 1. The van der Waals surface area contributed by atoms with Crippen LogP contribution in [0.3, 0.4) is 0 Å². The van der Waals surface area contributed by atoms with E-state index in [1.165, 1.54) is 38.5 Å². The second-order valence-electron chi connectivity index (χ2n) is 20.2. The van der Waals surface area contributed by atoms with E-state index < -0.39 is 45.0 Å². The van der Waals surface area contributed by atoms with E-state index in [0.29, 0.717) is 5.54 Å². The summed E-state index contributed by atoms with van der Waals surface area (Å²) in [6.07, 6.45) is 8.91. The van der Waals surface area contributed by atoms with Crippen molar-refractivity contribution in [3.05, 3.63) is 28.8 Å². The van der Waals surface area contributed by atoms with Gasteiger partial charge < -0.3 is 0 Å². The zero-order valence-corrected chi connectivity index (χ0v) is 37.3. The van der Waals surface area contributed by atoms with Gasteiger partial charge in [-0.2, -0.15) is 0 Å².